The van der Waals surface area contributed by atoms with Gasteiger partial charge >= 0.3 is 0 Å². The predicted octanol–water partition coefficient (Wildman–Crippen LogP) is 0.941. The molecule has 0 bridgehead atoms. The van der Waals surface area contributed by atoms with Gasteiger partial charge in [-0.25, -0.2) is 0 Å². The molecule has 2 amide bonds. The second-order valence-corrected chi connectivity index (χ2v) is 7.04. The summed E-state index contributed by atoms with van der Waals surface area (Å²) in [5.74, 6) is 0.489. The van der Waals surface area contributed by atoms with E-state index in [4.69, 9.17) is 9.47 Å². The third-order valence-electron chi connectivity index (χ3n) is 5.22. The first kappa shape index (κ1) is 18.5. The Balaban J connectivity index is 1.55. The number of hydrogen-bond acceptors (Lipinski definition) is 5. The molecule has 28 heavy (non-hydrogen) atoms. The molecule has 0 radical (unpaired) electrons. The minimum atomic E-state index is -0.547. The number of ether oxygens (including phenoxy) is 2. The Kier molecular flexibility index (Phi) is 5.29. The highest BCUT2D eigenvalue weighted by Crippen LogP contribution is 2.26. The van der Waals surface area contributed by atoms with Gasteiger partial charge in [-0.2, -0.15) is 5.10 Å². The summed E-state index contributed by atoms with van der Waals surface area (Å²) in [5, 5.41) is 4.08. The van der Waals surface area contributed by atoms with Crippen LogP contribution in [0.15, 0.2) is 42.6 Å². The third-order valence-corrected chi connectivity index (χ3v) is 5.22. The SMILES string of the molecule is Cn1nccc1C(=O)N1C[C@@H](Oc2ccccc2)C[C@@H]1C(=O)N1CCOCC1. The number of amides is 2. The average molecular weight is 384 g/mol. The summed E-state index contributed by atoms with van der Waals surface area (Å²) in [6.45, 7) is 2.51. The topological polar surface area (TPSA) is 76.9 Å². The molecule has 2 aliphatic rings. The van der Waals surface area contributed by atoms with Crippen LogP contribution in [0.4, 0.5) is 0 Å². The van der Waals surface area contributed by atoms with Crippen LogP contribution < -0.4 is 4.74 Å². The second-order valence-electron chi connectivity index (χ2n) is 7.04. The van der Waals surface area contributed by atoms with Gasteiger partial charge in [-0.15, -0.1) is 0 Å². The van der Waals surface area contributed by atoms with E-state index in [1.54, 1.807) is 29.1 Å². The van der Waals surface area contributed by atoms with Crippen molar-refractivity contribution in [3.63, 3.8) is 0 Å². The van der Waals surface area contributed by atoms with Crippen LogP contribution in [0.1, 0.15) is 16.9 Å². The largest absolute Gasteiger partial charge is 0.488 e. The lowest BCUT2D eigenvalue weighted by atomic mass is 10.1. The molecule has 0 saturated carbocycles. The maximum Gasteiger partial charge on any atom is 0.272 e. The molecule has 0 N–H and O–H groups in total. The summed E-state index contributed by atoms with van der Waals surface area (Å²) >= 11 is 0. The molecule has 2 atom stereocenters. The highest BCUT2D eigenvalue weighted by Gasteiger charge is 2.43. The van der Waals surface area contributed by atoms with Gasteiger partial charge in [-0.3, -0.25) is 14.3 Å². The summed E-state index contributed by atoms with van der Waals surface area (Å²) in [7, 11) is 1.72. The number of morpholine rings is 1. The van der Waals surface area contributed by atoms with E-state index in [9.17, 15) is 9.59 Å². The number of aromatic nitrogens is 2. The van der Waals surface area contributed by atoms with Crippen molar-refractivity contribution < 1.29 is 19.1 Å². The van der Waals surface area contributed by atoms with E-state index < -0.39 is 6.04 Å². The van der Waals surface area contributed by atoms with Gasteiger partial charge in [-0.05, 0) is 18.2 Å². The Morgan fingerprint density at radius 3 is 2.57 bits per heavy atom. The minimum absolute atomic E-state index is 0.0435. The van der Waals surface area contributed by atoms with Crippen LogP contribution in [-0.4, -0.2) is 76.4 Å². The summed E-state index contributed by atoms with van der Waals surface area (Å²) in [4.78, 5) is 29.7. The van der Waals surface area contributed by atoms with Crippen molar-refractivity contribution in [3.05, 3.63) is 48.3 Å². The number of carbonyl (C=O) groups excluding carboxylic acids is 2. The van der Waals surface area contributed by atoms with Crippen molar-refractivity contribution in [1.29, 1.82) is 0 Å². The van der Waals surface area contributed by atoms with Crippen LogP contribution >= 0.6 is 0 Å². The van der Waals surface area contributed by atoms with Gasteiger partial charge in [0.25, 0.3) is 5.91 Å². The van der Waals surface area contributed by atoms with Crippen LogP contribution in [0.25, 0.3) is 0 Å². The standard InChI is InChI=1S/C20H24N4O4/c1-22-17(7-8-21-22)20(26)24-14-16(28-15-5-3-2-4-6-15)13-18(24)19(25)23-9-11-27-12-10-23/h2-8,16,18H,9-14H2,1H3/t16-,18+/m0/s1. The fraction of sp³-hybridized carbons (Fsp3) is 0.450. The van der Waals surface area contributed by atoms with Gasteiger partial charge < -0.3 is 19.3 Å². The van der Waals surface area contributed by atoms with Gasteiger partial charge in [-0.1, -0.05) is 18.2 Å². The molecular formula is C20H24N4O4. The number of hydrogen-bond donors (Lipinski definition) is 0. The highest BCUT2D eigenvalue weighted by molar-refractivity contribution is 5.96. The molecule has 2 aromatic rings. The van der Waals surface area contributed by atoms with Gasteiger partial charge in [0, 0.05) is 32.8 Å². The molecule has 3 heterocycles. The molecule has 1 aromatic carbocycles. The molecule has 0 spiro atoms. The zero-order valence-electron chi connectivity index (χ0n) is 15.9. The third kappa shape index (κ3) is 3.73. The zero-order chi connectivity index (χ0) is 19.5. The monoisotopic (exact) mass is 384 g/mol. The number of nitrogens with zero attached hydrogens (tertiary/aromatic N) is 4. The second kappa shape index (κ2) is 8.02. The smallest absolute Gasteiger partial charge is 0.272 e. The Bertz CT molecular complexity index is 832. The minimum Gasteiger partial charge on any atom is -0.488 e. The first-order valence-electron chi connectivity index (χ1n) is 9.50. The van der Waals surface area contributed by atoms with E-state index in [-0.39, 0.29) is 17.9 Å². The van der Waals surface area contributed by atoms with Crippen LogP contribution in [0, 0.1) is 0 Å². The van der Waals surface area contributed by atoms with Gasteiger partial charge in [0.05, 0.1) is 19.8 Å². The Morgan fingerprint density at radius 2 is 1.89 bits per heavy atom. The lowest BCUT2D eigenvalue weighted by Gasteiger charge is -2.32. The lowest BCUT2D eigenvalue weighted by molar-refractivity contribution is -0.139. The van der Waals surface area contributed by atoms with Crippen molar-refractivity contribution in [2.45, 2.75) is 18.6 Å². The quantitative estimate of drug-likeness (QED) is 0.784. The number of aryl methyl sites for hydroxylation is 1. The molecule has 8 nitrogen and oxygen atoms in total. The van der Waals surface area contributed by atoms with Crippen LogP contribution in [-0.2, 0) is 16.6 Å². The lowest BCUT2D eigenvalue weighted by Crippen LogP contribution is -2.51. The maximum absolute atomic E-state index is 13.2. The molecular weight excluding hydrogens is 360 g/mol. The van der Waals surface area contributed by atoms with Crippen molar-refractivity contribution in [3.8, 4) is 5.75 Å². The molecule has 2 aliphatic heterocycles. The number of rotatable bonds is 4. The molecule has 2 saturated heterocycles. The van der Waals surface area contributed by atoms with Crippen LogP contribution in [0.2, 0.25) is 0 Å². The Labute approximate surface area is 163 Å². The fourth-order valence-electron chi connectivity index (χ4n) is 3.76. The van der Waals surface area contributed by atoms with Gasteiger partial charge in [0.1, 0.15) is 23.6 Å². The fourth-order valence-corrected chi connectivity index (χ4v) is 3.76. The van der Waals surface area contributed by atoms with E-state index in [1.807, 2.05) is 30.3 Å². The molecule has 2 fully saturated rings. The Hall–Kier alpha value is -2.87. The Morgan fingerprint density at radius 1 is 1.14 bits per heavy atom. The zero-order valence-corrected chi connectivity index (χ0v) is 15.9. The highest BCUT2D eigenvalue weighted by atomic mass is 16.5. The first-order chi connectivity index (χ1) is 13.6. The molecule has 0 unspecified atom stereocenters. The van der Waals surface area contributed by atoms with E-state index in [1.165, 1.54) is 4.68 Å². The molecule has 0 aliphatic carbocycles. The van der Waals surface area contributed by atoms with E-state index in [2.05, 4.69) is 5.10 Å². The van der Waals surface area contributed by atoms with E-state index in [0.717, 1.165) is 5.75 Å². The molecule has 8 heteroatoms. The van der Waals surface area contributed by atoms with Crippen molar-refractivity contribution >= 4 is 11.8 Å². The maximum atomic E-state index is 13.2. The summed E-state index contributed by atoms with van der Waals surface area (Å²) in [6, 6.07) is 10.6. The van der Waals surface area contributed by atoms with Crippen LogP contribution in [0.5, 0.6) is 5.75 Å². The van der Waals surface area contributed by atoms with Gasteiger partial charge in [0.15, 0.2) is 0 Å². The molecule has 4 rings (SSSR count). The normalized spacial score (nSPS) is 22.3. The summed E-state index contributed by atoms with van der Waals surface area (Å²) in [5.41, 5.74) is 0.458. The van der Waals surface area contributed by atoms with Crippen molar-refractivity contribution in [1.82, 2.24) is 19.6 Å². The molecule has 148 valence electrons. The molecule has 1 aromatic heterocycles. The summed E-state index contributed by atoms with van der Waals surface area (Å²) in [6.07, 6.45) is 1.81. The predicted molar refractivity (Wildman–Crippen MR) is 101 cm³/mol. The number of likely N-dealkylation sites (tertiary alicyclic amines) is 1. The van der Waals surface area contributed by atoms with Gasteiger partial charge in [0.2, 0.25) is 5.91 Å². The van der Waals surface area contributed by atoms with E-state index in [0.29, 0.717) is 45.0 Å². The van der Waals surface area contributed by atoms with Crippen molar-refractivity contribution in [2.75, 3.05) is 32.8 Å². The number of carbonyl (C=O) groups is 2. The van der Waals surface area contributed by atoms with Crippen molar-refractivity contribution in [2.24, 2.45) is 7.05 Å². The number of para-hydroxylation sites is 1. The first-order valence-corrected chi connectivity index (χ1v) is 9.50. The number of benzene rings is 1. The van der Waals surface area contributed by atoms with E-state index >= 15 is 0 Å². The van der Waals surface area contributed by atoms with Crippen LogP contribution in [0.3, 0.4) is 0 Å². The average Bonchev–Trinajstić information content (AvgIpc) is 3.35. The summed E-state index contributed by atoms with van der Waals surface area (Å²) < 4.78 is 12.9.